The van der Waals surface area contributed by atoms with Crippen LogP contribution in [0.5, 0.6) is 0 Å². The van der Waals surface area contributed by atoms with Crippen LogP contribution in [0.4, 0.5) is 0 Å². The molecule has 0 radical (unpaired) electrons. The van der Waals surface area contributed by atoms with E-state index in [4.69, 9.17) is 139 Å². The summed E-state index contributed by atoms with van der Waals surface area (Å²) in [5.41, 5.74) is 4.63. The number of aliphatic hydroxyl groups is 1. The summed E-state index contributed by atoms with van der Waals surface area (Å²) in [6.45, 7) is 74.3. The van der Waals surface area contributed by atoms with E-state index in [0.717, 1.165) is 24.8 Å². The number of aryl methyl sites for hydroxylation is 1. The molecule has 23 heteroatoms. The molecule has 0 fully saturated rings. The fourth-order valence-electron chi connectivity index (χ4n) is 10.0. The Hall–Kier alpha value is 4.05. The molecule has 1 N–H and O–H groups in total. The van der Waals surface area contributed by atoms with Crippen LogP contribution in [0.2, 0.25) is 181 Å². The highest BCUT2D eigenvalue weighted by Crippen LogP contribution is 2.46. The molecular weight excluding hydrogens is 1710 g/mol. The average Bonchev–Trinajstić information content (AvgIpc) is 0.836. The van der Waals surface area contributed by atoms with Gasteiger partial charge in [0.25, 0.3) is 0 Å². The summed E-state index contributed by atoms with van der Waals surface area (Å²) in [5.74, 6) is 1.44. The lowest BCUT2D eigenvalue weighted by Gasteiger charge is -2.38. The molecular formula is C82H178Cl12OSi10. The normalized spacial score (nSPS) is 12.4. The molecule has 0 aromatic heterocycles. The molecule has 1 nitrogen and oxygen atoms in total. The van der Waals surface area contributed by atoms with Crippen molar-refractivity contribution in [3.05, 3.63) is 71.8 Å². The van der Waals surface area contributed by atoms with Gasteiger partial charge >= 0.3 is 0 Å². The lowest BCUT2D eigenvalue weighted by atomic mass is 9.99. The zero-order valence-corrected chi connectivity index (χ0v) is 94.4. The van der Waals surface area contributed by atoms with Gasteiger partial charge in [0, 0.05) is 5.88 Å². The number of hydrogen-bond donors (Lipinski definition) is 1. The monoisotopic (exact) mass is 1880 g/mol. The number of benzene rings is 2. The first kappa shape index (κ1) is 127. The van der Waals surface area contributed by atoms with E-state index in [1.54, 1.807) is 0 Å². The Morgan fingerprint density at radius 3 is 0.752 bits per heavy atom. The Morgan fingerprint density at radius 1 is 0.352 bits per heavy atom. The van der Waals surface area contributed by atoms with Gasteiger partial charge < -0.3 is 5.11 Å². The third kappa shape index (κ3) is 106. The first-order chi connectivity index (χ1) is 47.4. The molecule has 0 bridgehead atoms. The molecule has 0 saturated heterocycles. The van der Waals surface area contributed by atoms with E-state index in [2.05, 4.69) is 233 Å². The van der Waals surface area contributed by atoms with Crippen molar-refractivity contribution in [3.63, 3.8) is 0 Å². The maximum Gasteiger partial charge on any atom is 0.176 e. The Bertz CT molecular complexity index is 2040. The largest absolute Gasteiger partial charge is 0.398 e. The smallest absolute Gasteiger partial charge is 0.176 e. The van der Waals surface area contributed by atoms with Crippen molar-refractivity contribution in [1.82, 2.24) is 0 Å². The van der Waals surface area contributed by atoms with Crippen LogP contribution in [0.25, 0.3) is 0 Å². The van der Waals surface area contributed by atoms with E-state index in [1.807, 2.05) is 56.4 Å². The minimum absolute atomic E-state index is 0.131. The quantitative estimate of drug-likeness (QED) is 0.0309. The lowest BCUT2D eigenvalue weighted by molar-refractivity contribution is 0.361. The highest BCUT2D eigenvalue weighted by molar-refractivity contribution is 7.23. The number of halogens is 12. The topological polar surface area (TPSA) is 20.2 Å². The molecule has 105 heavy (non-hydrogen) atoms. The average molecular weight is 1890 g/mol. The van der Waals surface area contributed by atoms with E-state index in [0.29, 0.717) is 27.6 Å². The molecule has 1 unspecified atom stereocenters. The van der Waals surface area contributed by atoms with Gasteiger partial charge in [0.1, 0.15) is 29.5 Å². The molecule has 0 spiro atoms. The van der Waals surface area contributed by atoms with Crippen LogP contribution >= 0.6 is 134 Å². The predicted molar refractivity (Wildman–Crippen MR) is 539 cm³/mol. The van der Waals surface area contributed by atoms with Crippen molar-refractivity contribution in [3.8, 4) is 0 Å². The second-order valence-electron chi connectivity index (χ2n) is 35.7. The van der Waals surface area contributed by atoms with Gasteiger partial charge in [-0.25, -0.2) is 0 Å². The molecule has 0 aliphatic heterocycles. The minimum atomic E-state index is -1.60. The summed E-state index contributed by atoms with van der Waals surface area (Å²) in [4.78, 5) is 0. The third-order valence-electron chi connectivity index (χ3n) is 18.2. The van der Waals surface area contributed by atoms with Gasteiger partial charge in [-0.15, -0.1) is 23.2 Å². The number of hydrogen-bond acceptors (Lipinski definition) is 1. The highest BCUT2D eigenvalue weighted by atomic mass is 35.6. The Morgan fingerprint density at radius 2 is 0.610 bits per heavy atom. The molecule has 2 aromatic rings. The molecule has 1 atom stereocenters. The van der Waals surface area contributed by atoms with Gasteiger partial charge in [-0.3, -0.25) is 0 Å². The van der Waals surface area contributed by atoms with Gasteiger partial charge in [-0.2, -0.15) is 111 Å². The summed E-state index contributed by atoms with van der Waals surface area (Å²) in [5, 5.41) is 8.81. The number of alkyl halides is 2. The second kappa shape index (κ2) is 72.1. The fourth-order valence-corrected chi connectivity index (χ4v) is 25.6. The molecule has 0 aliphatic rings. The first-order valence-electron chi connectivity index (χ1n) is 41.2. The minimum Gasteiger partial charge on any atom is -0.398 e. The molecule has 0 saturated carbocycles. The van der Waals surface area contributed by atoms with Crippen molar-refractivity contribution in [1.29, 1.82) is 0 Å². The standard InChI is InChI=1S/C20H43ClSi.C10H15ClSi.C9H21ClSi.C8H19ClSi.C8H9Cl.C6H15ClSi.C5H12Cl2Si.2C5H13ClSi.C3H9ClOSi.C3H9ClSi/c1-4-5-6-7-8-9-10-11-12-13-14-15-16-17-18-19-20-22(2,3)21;1-12(2,11)9-8-10-6-4-3-5-7-10;1-7(2)11(10,8(3)4)9(5)6;1-7(2)8(3,4)10(5,6)9;1-7(9)8-5-3-2-4-6-8;1-4-8(7,5-2)6-3;1-8(2,7)5-3-4-6;2*1-4-5-7(2,3)6;1-6(2,4)3-5;1-5(2,3)4/h4-20H2,1-3H3;3-7H,8-9H2,1-2H3;7-9H,1-6H3;7H,1-6H3;2-7H,1H3;4-6H2,1-3H3;3-5H2,1-2H3;2*4-5H2,1-3H3;5H,3H2,1-2H3;1-3H3. The van der Waals surface area contributed by atoms with Crippen LogP contribution in [0, 0.1) is 5.92 Å². The van der Waals surface area contributed by atoms with Gasteiger partial charge in [-0.1, -0.05) is 398 Å². The second-order valence-corrected chi connectivity index (χ2v) is 107. The summed E-state index contributed by atoms with van der Waals surface area (Å²) in [7, 11) is -13.2. The van der Waals surface area contributed by atoms with Crippen LogP contribution in [0.1, 0.15) is 256 Å². The van der Waals surface area contributed by atoms with Crippen molar-refractivity contribution < 1.29 is 5.11 Å². The Balaban J connectivity index is -0.000000142. The van der Waals surface area contributed by atoms with E-state index in [1.165, 1.54) is 169 Å². The summed E-state index contributed by atoms with van der Waals surface area (Å²) in [6.07, 6.45) is 28.0. The van der Waals surface area contributed by atoms with E-state index in [-0.39, 0.29) is 11.6 Å². The Kier molecular flexibility index (Phi) is 87.3. The van der Waals surface area contributed by atoms with Crippen molar-refractivity contribution >= 4 is 208 Å². The van der Waals surface area contributed by atoms with Gasteiger partial charge in [0.2, 0.25) is 0 Å². The Labute approximate surface area is 727 Å². The fraction of sp³-hybridized carbons (Fsp3) is 0.854. The maximum absolute atomic E-state index is 8.33. The van der Waals surface area contributed by atoms with Crippen LogP contribution < -0.4 is 0 Å². The summed E-state index contributed by atoms with van der Waals surface area (Å²) in [6, 6.07) is 30.3. The van der Waals surface area contributed by atoms with E-state index >= 15 is 0 Å². The predicted octanol–water partition coefficient (Wildman–Crippen LogP) is 38.6. The summed E-state index contributed by atoms with van der Waals surface area (Å²) >= 11 is 72.3. The van der Waals surface area contributed by atoms with Gasteiger partial charge in [-0.05, 0) is 107 Å². The zero-order chi connectivity index (χ0) is 84.8. The summed E-state index contributed by atoms with van der Waals surface area (Å²) < 4.78 is 0. The van der Waals surface area contributed by atoms with Crippen LogP contribution in [-0.4, -0.2) is 91.1 Å². The molecule has 2 aromatic carbocycles. The van der Waals surface area contributed by atoms with Crippen molar-refractivity contribution in [2.45, 2.75) is 433 Å². The van der Waals surface area contributed by atoms with E-state index in [9.17, 15) is 0 Å². The number of aliphatic hydroxyl groups excluding tert-OH is 1. The molecule has 0 aliphatic carbocycles. The molecule has 636 valence electrons. The highest BCUT2D eigenvalue weighted by Gasteiger charge is 2.41. The zero-order valence-electron chi connectivity index (χ0n) is 75.4. The van der Waals surface area contributed by atoms with Crippen LogP contribution in [-0.2, 0) is 6.42 Å². The number of unbranched alkanes of at least 4 members (excludes halogenated alkanes) is 15. The lowest BCUT2D eigenvalue weighted by Crippen LogP contribution is -2.37. The molecule has 0 amide bonds. The third-order valence-corrected chi connectivity index (χ3v) is 51.1. The first-order valence-corrected chi connectivity index (χ1v) is 82.9. The van der Waals surface area contributed by atoms with Gasteiger partial charge in [0.05, 0.1) is 11.6 Å². The number of rotatable bonds is 37. The van der Waals surface area contributed by atoms with Gasteiger partial charge in [0.15, 0.2) is 44.3 Å². The van der Waals surface area contributed by atoms with Crippen molar-refractivity contribution in [2.24, 2.45) is 5.92 Å². The maximum atomic E-state index is 8.33. The molecule has 2 rings (SSSR count). The van der Waals surface area contributed by atoms with Crippen LogP contribution in [0.3, 0.4) is 0 Å². The molecule has 0 heterocycles. The van der Waals surface area contributed by atoms with Crippen molar-refractivity contribution in [2.75, 3.05) is 12.1 Å². The SMILES string of the molecule is CC(C)C(C)(C)[Si](C)(C)Cl.CC(C)[Si](Cl)(C(C)C)C(C)C.CC(Cl)c1ccccc1.CCCCCCCCCCCCCCCCCC[Si](C)(C)Cl.CCC[Si](C)(C)Cl.CCC[Si](C)(C)Cl.CC[Si](Cl)(CC)CC.C[Si](C)(C)Cl.C[Si](C)(Cl)CCCCl.C[Si](C)(Cl)CCc1ccccc1.C[Si](C)(Cl)CO. The van der Waals surface area contributed by atoms with E-state index < -0.39 is 73.8 Å². The van der Waals surface area contributed by atoms with Crippen LogP contribution in [0.15, 0.2) is 60.7 Å².